The number of methoxy groups -OCH3 is 1. The molecule has 1 aliphatic rings. The second-order valence-corrected chi connectivity index (χ2v) is 5.14. The lowest BCUT2D eigenvalue weighted by Gasteiger charge is -2.35. The van der Waals surface area contributed by atoms with Crippen LogP contribution in [-0.4, -0.2) is 37.7 Å². The summed E-state index contributed by atoms with van der Waals surface area (Å²) >= 11 is 0. The van der Waals surface area contributed by atoms with Crippen LogP contribution in [0.3, 0.4) is 0 Å². The van der Waals surface area contributed by atoms with Gasteiger partial charge in [0.05, 0.1) is 7.11 Å². The molecule has 1 heterocycles. The Labute approximate surface area is 116 Å². The molecule has 3 heteroatoms. The highest BCUT2D eigenvalue weighted by Gasteiger charge is 2.26. The number of hydrogen-bond acceptors (Lipinski definition) is 3. The molecule has 1 atom stereocenters. The molecule has 0 bridgehead atoms. The summed E-state index contributed by atoms with van der Waals surface area (Å²) in [5.74, 6) is 1.94. The van der Waals surface area contributed by atoms with Crippen LogP contribution < -0.4 is 9.47 Å². The molecule has 0 saturated heterocycles. The quantitative estimate of drug-likeness (QED) is 0.787. The minimum atomic E-state index is 0.476. The van der Waals surface area contributed by atoms with Crippen LogP contribution in [0.4, 0.5) is 0 Å². The molecule has 0 spiro atoms. The van der Waals surface area contributed by atoms with Crippen LogP contribution in [0.2, 0.25) is 0 Å². The van der Waals surface area contributed by atoms with E-state index in [9.17, 15) is 0 Å². The van der Waals surface area contributed by atoms with Crippen molar-refractivity contribution in [2.45, 2.75) is 39.2 Å². The van der Waals surface area contributed by atoms with Crippen molar-refractivity contribution in [3.63, 3.8) is 0 Å². The number of nitrogens with zero attached hydrogens (tertiary/aromatic N) is 1. The van der Waals surface area contributed by atoms with Crippen LogP contribution in [0.25, 0.3) is 0 Å². The Balaban J connectivity index is 2.15. The summed E-state index contributed by atoms with van der Waals surface area (Å²) in [6.07, 6.45) is 3.41. The molecule has 106 valence electrons. The monoisotopic (exact) mass is 263 g/mol. The molecule has 0 amide bonds. The summed E-state index contributed by atoms with van der Waals surface area (Å²) in [6.45, 7) is 7.56. The van der Waals surface area contributed by atoms with Gasteiger partial charge in [-0.2, -0.15) is 0 Å². The fourth-order valence-corrected chi connectivity index (χ4v) is 2.84. The molecular weight excluding hydrogens is 238 g/mol. The van der Waals surface area contributed by atoms with Gasteiger partial charge in [-0.15, -0.1) is 0 Å². The number of hydrogen-bond donors (Lipinski definition) is 0. The highest BCUT2D eigenvalue weighted by Crippen LogP contribution is 2.33. The molecule has 0 saturated carbocycles. The summed E-state index contributed by atoms with van der Waals surface area (Å²) in [5.41, 5.74) is 1.22. The summed E-state index contributed by atoms with van der Waals surface area (Å²) in [7, 11) is 1.73. The molecule has 1 aliphatic heterocycles. The smallest absolute Gasteiger partial charge is 0.126 e. The average molecular weight is 263 g/mol. The lowest BCUT2D eigenvalue weighted by molar-refractivity contribution is 0.118. The Morgan fingerprint density at radius 3 is 2.63 bits per heavy atom. The van der Waals surface area contributed by atoms with Crippen molar-refractivity contribution in [3.05, 3.63) is 23.8 Å². The van der Waals surface area contributed by atoms with Gasteiger partial charge in [-0.25, -0.2) is 0 Å². The van der Waals surface area contributed by atoms with Crippen LogP contribution in [0, 0.1) is 0 Å². The molecule has 19 heavy (non-hydrogen) atoms. The van der Waals surface area contributed by atoms with Crippen molar-refractivity contribution in [2.24, 2.45) is 0 Å². The van der Waals surface area contributed by atoms with Crippen LogP contribution in [0.5, 0.6) is 11.5 Å². The summed E-state index contributed by atoms with van der Waals surface area (Å²) < 4.78 is 11.4. The third kappa shape index (κ3) is 3.21. The Hall–Kier alpha value is -1.22. The van der Waals surface area contributed by atoms with Gasteiger partial charge in [0.25, 0.3) is 0 Å². The van der Waals surface area contributed by atoms with Crippen LogP contribution in [-0.2, 0) is 6.42 Å². The van der Waals surface area contributed by atoms with Crippen LogP contribution in [0.15, 0.2) is 18.2 Å². The van der Waals surface area contributed by atoms with E-state index in [0.29, 0.717) is 6.04 Å². The first-order valence-corrected chi connectivity index (χ1v) is 7.32. The fourth-order valence-electron chi connectivity index (χ4n) is 2.84. The van der Waals surface area contributed by atoms with Crippen LogP contribution in [0.1, 0.15) is 32.3 Å². The molecule has 3 nitrogen and oxygen atoms in total. The maximum atomic E-state index is 5.93. The van der Waals surface area contributed by atoms with E-state index in [1.165, 1.54) is 18.4 Å². The molecule has 0 N–H and O–H groups in total. The maximum absolute atomic E-state index is 5.93. The first-order chi connectivity index (χ1) is 9.30. The van der Waals surface area contributed by atoms with Gasteiger partial charge in [0.2, 0.25) is 0 Å². The highest BCUT2D eigenvalue weighted by atomic mass is 16.5. The van der Waals surface area contributed by atoms with E-state index >= 15 is 0 Å². The second-order valence-electron chi connectivity index (χ2n) is 5.14. The predicted octanol–water partition coefficient (Wildman–Crippen LogP) is 3.12. The van der Waals surface area contributed by atoms with Gasteiger partial charge in [0.15, 0.2) is 0 Å². The topological polar surface area (TPSA) is 21.7 Å². The van der Waals surface area contributed by atoms with Gasteiger partial charge in [0.1, 0.15) is 18.1 Å². The Morgan fingerprint density at radius 2 is 2.00 bits per heavy atom. The van der Waals surface area contributed by atoms with E-state index in [2.05, 4.69) is 18.7 Å². The summed E-state index contributed by atoms with van der Waals surface area (Å²) in [4.78, 5) is 2.55. The van der Waals surface area contributed by atoms with Crippen molar-refractivity contribution in [2.75, 3.05) is 26.8 Å². The molecule has 2 rings (SSSR count). The number of ether oxygens (including phenoxy) is 2. The van der Waals surface area contributed by atoms with Crippen molar-refractivity contribution >= 4 is 0 Å². The zero-order chi connectivity index (χ0) is 13.7. The number of rotatable bonds is 6. The maximum Gasteiger partial charge on any atom is 0.126 e. The second kappa shape index (κ2) is 6.80. The standard InChI is InChI=1S/C16H25NO2/c1-4-9-17(10-5-2)13-11-14-15(18-3)7-6-8-16(14)19-12-13/h6-8,13H,4-5,9-12H2,1-3H3/t13-/m0/s1. The van der Waals surface area contributed by atoms with Crippen molar-refractivity contribution in [1.82, 2.24) is 4.90 Å². The van der Waals surface area contributed by atoms with Crippen molar-refractivity contribution in [3.8, 4) is 11.5 Å². The summed E-state index contributed by atoms with van der Waals surface area (Å²) in [5, 5.41) is 0. The molecule has 0 aromatic heterocycles. The average Bonchev–Trinajstić information content (AvgIpc) is 2.46. The molecule has 0 radical (unpaired) electrons. The third-order valence-corrected chi connectivity index (χ3v) is 3.72. The largest absolute Gasteiger partial charge is 0.496 e. The zero-order valence-corrected chi connectivity index (χ0v) is 12.3. The third-order valence-electron chi connectivity index (χ3n) is 3.72. The molecular formula is C16H25NO2. The van der Waals surface area contributed by atoms with E-state index in [0.717, 1.165) is 37.6 Å². The molecule has 0 unspecified atom stereocenters. The number of fused-ring (bicyclic) bond motifs is 1. The van der Waals surface area contributed by atoms with E-state index in [1.807, 2.05) is 18.2 Å². The van der Waals surface area contributed by atoms with Crippen molar-refractivity contribution in [1.29, 1.82) is 0 Å². The van der Waals surface area contributed by atoms with Gasteiger partial charge in [-0.1, -0.05) is 19.9 Å². The highest BCUT2D eigenvalue weighted by molar-refractivity contribution is 5.46. The molecule has 0 fully saturated rings. The fraction of sp³-hybridized carbons (Fsp3) is 0.625. The van der Waals surface area contributed by atoms with Gasteiger partial charge in [-0.3, -0.25) is 4.90 Å². The van der Waals surface area contributed by atoms with Gasteiger partial charge >= 0.3 is 0 Å². The SMILES string of the molecule is CCCN(CCC)[C@@H]1COc2cccc(OC)c2C1. The Morgan fingerprint density at radius 1 is 1.26 bits per heavy atom. The van der Waals surface area contributed by atoms with Gasteiger partial charge in [-0.05, 0) is 44.5 Å². The van der Waals surface area contributed by atoms with E-state index in [-0.39, 0.29) is 0 Å². The molecule has 1 aromatic rings. The normalized spacial score (nSPS) is 18.0. The van der Waals surface area contributed by atoms with E-state index < -0.39 is 0 Å². The minimum absolute atomic E-state index is 0.476. The van der Waals surface area contributed by atoms with Crippen molar-refractivity contribution < 1.29 is 9.47 Å². The Kier molecular flexibility index (Phi) is 5.08. The zero-order valence-electron chi connectivity index (χ0n) is 12.3. The van der Waals surface area contributed by atoms with Gasteiger partial charge < -0.3 is 9.47 Å². The van der Waals surface area contributed by atoms with Gasteiger partial charge in [0, 0.05) is 11.6 Å². The summed E-state index contributed by atoms with van der Waals surface area (Å²) in [6, 6.07) is 6.53. The first-order valence-electron chi connectivity index (χ1n) is 7.32. The lowest BCUT2D eigenvalue weighted by atomic mass is 10.00. The minimum Gasteiger partial charge on any atom is -0.496 e. The predicted molar refractivity (Wildman–Crippen MR) is 78.1 cm³/mol. The first kappa shape index (κ1) is 14.2. The molecule has 0 aliphatic carbocycles. The van der Waals surface area contributed by atoms with E-state index in [1.54, 1.807) is 7.11 Å². The molecule has 1 aromatic carbocycles. The number of benzene rings is 1. The Bertz CT molecular complexity index is 385. The van der Waals surface area contributed by atoms with E-state index in [4.69, 9.17) is 9.47 Å². The lowest BCUT2D eigenvalue weighted by Crippen LogP contribution is -2.44. The van der Waals surface area contributed by atoms with Crippen LogP contribution >= 0.6 is 0 Å².